The summed E-state index contributed by atoms with van der Waals surface area (Å²) in [5.74, 6) is 0.208. The number of unbranched alkanes of at least 4 members (excludes halogenated alkanes) is 18. The maximum absolute atomic E-state index is 11.5. The van der Waals surface area contributed by atoms with E-state index in [1.54, 1.807) is 0 Å². The molecule has 0 aromatic carbocycles. The van der Waals surface area contributed by atoms with E-state index in [0.29, 0.717) is 13.0 Å². The van der Waals surface area contributed by atoms with Gasteiger partial charge in [0.25, 0.3) is 0 Å². The third-order valence-corrected chi connectivity index (χ3v) is 5.51. The predicted molar refractivity (Wildman–Crippen MR) is 121 cm³/mol. The Kier molecular flexibility index (Phi) is 23.0. The van der Waals surface area contributed by atoms with Gasteiger partial charge in [-0.15, -0.1) is 0 Å². The minimum Gasteiger partial charge on any atom is -0.356 e. The molecule has 0 aliphatic heterocycles. The molecule has 2 nitrogen and oxygen atoms in total. The monoisotopic (exact) mass is 380 g/mol. The van der Waals surface area contributed by atoms with Gasteiger partial charge in [-0.25, -0.2) is 0 Å². The zero-order valence-corrected chi connectivity index (χ0v) is 18.8. The Bertz CT molecular complexity index is 290. The summed E-state index contributed by atoms with van der Waals surface area (Å²) in [5.41, 5.74) is 0. The number of carbonyl (C=O) groups is 1. The quantitative estimate of drug-likeness (QED) is 0.189. The highest BCUT2D eigenvalue weighted by atomic mass is 16.1. The van der Waals surface area contributed by atoms with Gasteiger partial charge in [-0.2, -0.15) is 0 Å². The lowest BCUT2D eigenvalue weighted by molar-refractivity contribution is -0.121. The van der Waals surface area contributed by atoms with Gasteiger partial charge in [-0.05, 0) is 12.8 Å². The van der Waals surface area contributed by atoms with E-state index in [0.717, 1.165) is 6.42 Å². The smallest absolute Gasteiger partial charge is 0.220 e. The van der Waals surface area contributed by atoms with Crippen LogP contribution in [0.2, 0.25) is 0 Å². The molecule has 0 heterocycles. The zero-order chi connectivity index (χ0) is 19.8. The van der Waals surface area contributed by atoms with Crippen molar-refractivity contribution in [3.05, 3.63) is 6.42 Å². The Morgan fingerprint density at radius 1 is 0.593 bits per heavy atom. The van der Waals surface area contributed by atoms with E-state index < -0.39 is 0 Å². The number of hydrogen-bond donors (Lipinski definition) is 1. The molecule has 1 N–H and O–H groups in total. The van der Waals surface area contributed by atoms with Crippen molar-refractivity contribution >= 4 is 5.91 Å². The van der Waals surface area contributed by atoms with Crippen LogP contribution in [-0.4, -0.2) is 12.5 Å². The van der Waals surface area contributed by atoms with Crippen molar-refractivity contribution in [2.24, 2.45) is 0 Å². The van der Waals surface area contributed by atoms with Crippen molar-refractivity contribution in [3.8, 4) is 0 Å². The lowest BCUT2D eigenvalue weighted by atomic mass is 10.0. The fourth-order valence-corrected chi connectivity index (χ4v) is 3.67. The van der Waals surface area contributed by atoms with Crippen molar-refractivity contribution in [2.75, 3.05) is 6.54 Å². The van der Waals surface area contributed by atoms with Crippen LogP contribution in [0.3, 0.4) is 0 Å². The van der Waals surface area contributed by atoms with E-state index in [1.165, 1.54) is 116 Å². The van der Waals surface area contributed by atoms with Crippen molar-refractivity contribution in [1.29, 1.82) is 0 Å². The summed E-state index contributed by atoms with van der Waals surface area (Å²) in [5, 5.41) is 2.90. The number of hydrogen-bond acceptors (Lipinski definition) is 1. The molecule has 0 aliphatic carbocycles. The van der Waals surface area contributed by atoms with E-state index >= 15 is 0 Å². The lowest BCUT2D eigenvalue weighted by Gasteiger charge is -2.04. The molecular weight excluding hydrogens is 330 g/mol. The van der Waals surface area contributed by atoms with Crippen LogP contribution in [-0.2, 0) is 4.79 Å². The van der Waals surface area contributed by atoms with Gasteiger partial charge in [0.1, 0.15) is 0 Å². The van der Waals surface area contributed by atoms with Crippen molar-refractivity contribution in [1.82, 2.24) is 5.32 Å². The molecule has 1 amide bonds. The molecule has 0 saturated heterocycles. The van der Waals surface area contributed by atoms with Gasteiger partial charge in [-0.1, -0.05) is 129 Å². The Labute approximate surface area is 171 Å². The number of nitrogens with one attached hydrogen (secondary N) is 1. The second kappa shape index (κ2) is 23.5. The molecular formula is C25H50NO. The summed E-state index contributed by atoms with van der Waals surface area (Å²) in [6.45, 7) is 4.97. The van der Waals surface area contributed by atoms with Gasteiger partial charge in [0.2, 0.25) is 5.91 Å². The minimum absolute atomic E-state index is 0.208. The fraction of sp³-hybridized carbons (Fsp3) is 0.920. The highest BCUT2D eigenvalue weighted by Gasteiger charge is 1.99. The first kappa shape index (κ1) is 26.5. The maximum Gasteiger partial charge on any atom is 0.220 e. The Hall–Kier alpha value is -0.530. The van der Waals surface area contributed by atoms with Crippen molar-refractivity contribution < 1.29 is 4.79 Å². The molecule has 1 radical (unpaired) electrons. The second-order valence-corrected chi connectivity index (χ2v) is 8.33. The fourth-order valence-electron chi connectivity index (χ4n) is 3.67. The van der Waals surface area contributed by atoms with E-state index in [-0.39, 0.29) is 5.91 Å². The van der Waals surface area contributed by atoms with Gasteiger partial charge >= 0.3 is 0 Å². The summed E-state index contributed by atoms with van der Waals surface area (Å²) in [6, 6.07) is 0. The molecule has 0 aromatic heterocycles. The van der Waals surface area contributed by atoms with Crippen molar-refractivity contribution in [3.63, 3.8) is 0 Å². The molecule has 0 unspecified atom stereocenters. The first-order valence-electron chi connectivity index (χ1n) is 12.4. The normalized spacial score (nSPS) is 11.0. The van der Waals surface area contributed by atoms with Crippen LogP contribution < -0.4 is 5.32 Å². The third kappa shape index (κ3) is 23.4. The molecule has 0 saturated carbocycles. The van der Waals surface area contributed by atoms with Gasteiger partial charge in [0, 0.05) is 13.0 Å². The van der Waals surface area contributed by atoms with E-state index in [1.807, 2.05) is 13.3 Å². The van der Waals surface area contributed by atoms with Gasteiger partial charge < -0.3 is 5.32 Å². The standard InChI is InChI=1S/C25H50NO/c1-3-5-6-7-8-9-10-11-12-13-14-15-16-17-18-19-20-21-22-23-25(27)26-24-4-2/h4H,3,5-24H2,1-2H3,(H,26,27). The summed E-state index contributed by atoms with van der Waals surface area (Å²) in [6.07, 6.45) is 29.1. The summed E-state index contributed by atoms with van der Waals surface area (Å²) < 4.78 is 0. The van der Waals surface area contributed by atoms with E-state index in [2.05, 4.69) is 12.2 Å². The predicted octanol–water partition coefficient (Wildman–Crippen LogP) is 8.15. The number of carbonyl (C=O) groups excluding carboxylic acids is 1. The van der Waals surface area contributed by atoms with Crippen LogP contribution >= 0.6 is 0 Å². The first-order valence-corrected chi connectivity index (χ1v) is 12.4. The second-order valence-electron chi connectivity index (χ2n) is 8.33. The van der Waals surface area contributed by atoms with Crippen LogP contribution in [0.25, 0.3) is 0 Å². The maximum atomic E-state index is 11.5. The lowest BCUT2D eigenvalue weighted by Crippen LogP contribution is -2.23. The molecule has 0 aromatic rings. The minimum atomic E-state index is 0.208. The molecule has 0 bridgehead atoms. The molecule has 0 fully saturated rings. The Morgan fingerprint density at radius 2 is 0.926 bits per heavy atom. The average Bonchev–Trinajstić information content (AvgIpc) is 2.68. The third-order valence-electron chi connectivity index (χ3n) is 5.51. The number of rotatable bonds is 22. The van der Waals surface area contributed by atoms with Gasteiger partial charge in [0.15, 0.2) is 0 Å². The van der Waals surface area contributed by atoms with Gasteiger partial charge in [-0.3, -0.25) is 4.79 Å². The summed E-state index contributed by atoms with van der Waals surface area (Å²) in [7, 11) is 0. The van der Waals surface area contributed by atoms with E-state index in [4.69, 9.17) is 0 Å². The molecule has 0 aliphatic rings. The zero-order valence-electron chi connectivity index (χ0n) is 18.8. The summed E-state index contributed by atoms with van der Waals surface area (Å²) >= 11 is 0. The largest absolute Gasteiger partial charge is 0.356 e. The molecule has 161 valence electrons. The SMILES string of the molecule is C[CH]CNC(=O)CCCCCCCCCCCCCCCCCCCCC. The van der Waals surface area contributed by atoms with Crippen LogP contribution in [0.5, 0.6) is 0 Å². The van der Waals surface area contributed by atoms with Crippen LogP contribution in [0.4, 0.5) is 0 Å². The van der Waals surface area contributed by atoms with Crippen molar-refractivity contribution in [2.45, 2.75) is 142 Å². The highest BCUT2D eigenvalue weighted by molar-refractivity contribution is 5.75. The highest BCUT2D eigenvalue weighted by Crippen LogP contribution is 2.14. The topological polar surface area (TPSA) is 29.1 Å². The molecule has 0 atom stereocenters. The van der Waals surface area contributed by atoms with Gasteiger partial charge in [0.05, 0.1) is 0 Å². The number of amides is 1. The molecule has 0 rings (SSSR count). The van der Waals surface area contributed by atoms with Crippen LogP contribution in [0.15, 0.2) is 0 Å². The first-order chi connectivity index (χ1) is 13.3. The molecule has 2 heteroatoms. The molecule has 27 heavy (non-hydrogen) atoms. The summed E-state index contributed by atoms with van der Waals surface area (Å²) in [4.78, 5) is 11.5. The Balaban J connectivity index is 3.04. The Morgan fingerprint density at radius 3 is 1.26 bits per heavy atom. The average molecular weight is 381 g/mol. The van der Waals surface area contributed by atoms with Crippen LogP contribution in [0, 0.1) is 6.42 Å². The van der Waals surface area contributed by atoms with E-state index in [9.17, 15) is 4.79 Å². The van der Waals surface area contributed by atoms with Crippen LogP contribution in [0.1, 0.15) is 142 Å². The molecule has 0 spiro atoms.